The normalized spacial score (nSPS) is 18.1. The zero-order valence-corrected chi connectivity index (χ0v) is 13.3. The number of thiocarbonyl (C=S) groups is 1. The Morgan fingerprint density at radius 2 is 2.37 bits per heavy atom. The molecule has 1 saturated heterocycles. The van der Waals surface area contributed by atoms with Gasteiger partial charge in [0.2, 0.25) is 0 Å². The number of hydrogen-bond donors (Lipinski definition) is 3. The van der Waals surface area contributed by atoms with E-state index in [1.54, 1.807) is 6.07 Å². The Balaban J connectivity index is 1.66. The quantitative estimate of drug-likeness (QED) is 0.564. The van der Waals surface area contributed by atoms with E-state index in [4.69, 9.17) is 17.0 Å². The van der Waals surface area contributed by atoms with Gasteiger partial charge in [0.25, 0.3) is 5.91 Å². The third-order valence-electron chi connectivity index (χ3n) is 2.60. The van der Waals surface area contributed by atoms with Crippen LogP contribution in [0.15, 0.2) is 15.9 Å². The summed E-state index contributed by atoms with van der Waals surface area (Å²) in [5.74, 6) is -0.211. The molecule has 19 heavy (non-hydrogen) atoms. The van der Waals surface area contributed by atoms with Gasteiger partial charge >= 0.3 is 0 Å². The molecule has 2 rings (SSSR count). The molecule has 0 unspecified atom stereocenters. The van der Waals surface area contributed by atoms with E-state index in [9.17, 15) is 4.79 Å². The largest absolute Gasteiger partial charge is 0.376 e. The fourth-order valence-electron chi connectivity index (χ4n) is 1.67. The zero-order chi connectivity index (χ0) is 13.7. The standard InChI is InChI=1S/C11H14BrN3O2S2/c12-9-4-3-8(19-9)10(16)14-15-11(18)13-6-7-2-1-5-17-7/h3-4,7H,1-2,5-6H2,(H,14,16)(H2,13,15,18)/t7-/m0/s1. The number of carbonyl (C=O) groups is 1. The highest BCUT2D eigenvalue weighted by Crippen LogP contribution is 2.21. The van der Waals surface area contributed by atoms with Gasteiger partial charge in [0.15, 0.2) is 5.11 Å². The number of carbonyl (C=O) groups excluding carboxylic acids is 1. The topological polar surface area (TPSA) is 62.4 Å². The van der Waals surface area contributed by atoms with Gasteiger partial charge in [-0.3, -0.25) is 15.6 Å². The molecule has 0 radical (unpaired) electrons. The van der Waals surface area contributed by atoms with Crippen molar-refractivity contribution in [2.45, 2.75) is 18.9 Å². The van der Waals surface area contributed by atoms with Crippen molar-refractivity contribution in [2.75, 3.05) is 13.2 Å². The first-order chi connectivity index (χ1) is 9.15. The molecule has 1 aliphatic heterocycles. The number of hydrazine groups is 1. The maximum Gasteiger partial charge on any atom is 0.279 e. The molecule has 2 heterocycles. The van der Waals surface area contributed by atoms with Crippen LogP contribution in [0, 0.1) is 0 Å². The Kier molecular flexibility index (Phi) is 5.56. The van der Waals surface area contributed by atoms with Crippen LogP contribution in [0.25, 0.3) is 0 Å². The van der Waals surface area contributed by atoms with Gasteiger partial charge in [-0.2, -0.15) is 0 Å². The number of ether oxygens (including phenoxy) is 1. The minimum absolute atomic E-state index is 0.211. The van der Waals surface area contributed by atoms with Crippen LogP contribution in [0.1, 0.15) is 22.5 Å². The first-order valence-electron chi connectivity index (χ1n) is 5.86. The summed E-state index contributed by atoms with van der Waals surface area (Å²) in [7, 11) is 0. The maximum absolute atomic E-state index is 11.7. The second kappa shape index (κ2) is 7.18. The van der Waals surface area contributed by atoms with Gasteiger partial charge in [0.05, 0.1) is 14.8 Å². The van der Waals surface area contributed by atoms with Crippen molar-refractivity contribution in [3.63, 3.8) is 0 Å². The Labute approximate surface area is 129 Å². The number of rotatable bonds is 3. The molecule has 1 aromatic heterocycles. The first kappa shape index (κ1) is 14.7. The van der Waals surface area contributed by atoms with Gasteiger partial charge in [-0.1, -0.05) is 0 Å². The minimum atomic E-state index is -0.211. The molecule has 1 fully saturated rings. The van der Waals surface area contributed by atoms with Gasteiger partial charge < -0.3 is 10.1 Å². The lowest BCUT2D eigenvalue weighted by Gasteiger charge is -2.14. The van der Waals surface area contributed by atoms with Gasteiger partial charge in [0, 0.05) is 13.2 Å². The third-order valence-corrected chi connectivity index (χ3v) is 4.47. The van der Waals surface area contributed by atoms with Gasteiger partial charge in [0.1, 0.15) is 0 Å². The van der Waals surface area contributed by atoms with E-state index in [-0.39, 0.29) is 12.0 Å². The average Bonchev–Trinajstić information content (AvgIpc) is 3.04. The van der Waals surface area contributed by atoms with Crippen LogP contribution in [0.2, 0.25) is 0 Å². The second-order valence-corrected chi connectivity index (χ2v) is 6.90. The van der Waals surface area contributed by atoms with E-state index in [0.717, 1.165) is 23.2 Å². The van der Waals surface area contributed by atoms with E-state index in [2.05, 4.69) is 32.1 Å². The van der Waals surface area contributed by atoms with Crippen LogP contribution >= 0.6 is 39.5 Å². The van der Waals surface area contributed by atoms with Crippen molar-refractivity contribution in [3.8, 4) is 0 Å². The Morgan fingerprint density at radius 3 is 3.00 bits per heavy atom. The summed E-state index contributed by atoms with van der Waals surface area (Å²) in [5.41, 5.74) is 5.21. The summed E-state index contributed by atoms with van der Waals surface area (Å²) in [6.07, 6.45) is 2.35. The van der Waals surface area contributed by atoms with Crippen LogP contribution in [-0.2, 0) is 4.74 Å². The molecule has 3 N–H and O–H groups in total. The van der Waals surface area contributed by atoms with Crippen LogP contribution < -0.4 is 16.2 Å². The second-order valence-electron chi connectivity index (χ2n) is 4.03. The summed E-state index contributed by atoms with van der Waals surface area (Å²) in [5, 5.41) is 3.40. The molecule has 0 aromatic carbocycles. The molecule has 1 atom stereocenters. The maximum atomic E-state index is 11.7. The number of thiophene rings is 1. The molecular weight excluding hydrogens is 350 g/mol. The first-order valence-corrected chi connectivity index (χ1v) is 7.88. The molecule has 8 heteroatoms. The molecular formula is C11H14BrN3O2S2. The number of amides is 1. The molecule has 5 nitrogen and oxygen atoms in total. The van der Waals surface area contributed by atoms with Crippen molar-refractivity contribution >= 4 is 50.5 Å². The Hall–Kier alpha value is -0.700. The molecule has 0 spiro atoms. The molecule has 0 saturated carbocycles. The van der Waals surface area contributed by atoms with Crippen molar-refractivity contribution in [3.05, 3.63) is 20.8 Å². The summed E-state index contributed by atoms with van der Waals surface area (Å²) in [6.45, 7) is 1.47. The van der Waals surface area contributed by atoms with Crippen molar-refractivity contribution in [1.29, 1.82) is 0 Å². The van der Waals surface area contributed by atoms with Gasteiger partial charge in [-0.25, -0.2) is 0 Å². The lowest BCUT2D eigenvalue weighted by atomic mass is 10.2. The number of hydrogen-bond acceptors (Lipinski definition) is 4. The van der Waals surface area contributed by atoms with Gasteiger partial charge in [-0.15, -0.1) is 11.3 Å². The molecule has 0 aliphatic carbocycles. The third kappa shape index (κ3) is 4.72. The fraction of sp³-hybridized carbons (Fsp3) is 0.455. The molecule has 1 aromatic rings. The van der Waals surface area contributed by atoms with Crippen LogP contribution in [0.5, 0.6) is 0 Å². The minimum Gasteiger partial charge on any atom is -0.376 e. The highest BCUT2D eigenvalue weighted by atomic mass is 79.9. The van der Waals surface area contributed by atoms with Crippen LogP contribution in [-0.4, -0.2) is 30.3 Å². The summed E-state index contributed by atoms with van der Waals surface area (Å²) < 4.78 is 6.37. The van der Waals surface area contributed by atoms with Crippen molar-refractivity contribution in [2.24, 2.45) is 0 Å². The number of halogens is 1. The van der Waals surface area contributed by atoms with E-state index in [1.807, 2.05) is 6.07 Å². The zero-order valence-electron chi connectivity index (χ0n) is 10.1. The molecule has 1 aliphatic rings. The van der Waals surface area contributed by atoms with E-state index in [1.165, 1.54) is 11.3 Å². The fourth-order valence-corrected chi connectivity index (χ4v) is 3.08. The van der Waals surface area contributed by atoms with Crippen LogP contribution in [0.3, 0.4) is 0 Å². The predicted octanol–water partition coefficient (Wildman–Crippen LogP) is 1.80. The highest BCUT2D eigenvalue weighted by molar-refractivity contribution is 9.11. The highest BCUT2D eigenvalue weighted by Gasteiger charge is 2.15. The lowest BCUT2D eigenvalue weighted by molar-refractivity contribution is 0.0947. The lowest BCUT2D eigenvalue weighted by Crippen LogP contribution is -2.48. The van der Waals surface area contributed by atoms with Crippen molar-refractivity contribution in [1.82, 2.24) is 16.2 Å². The van der Waals surface area contributed by atoms with E-state index < -0.39 is 0 Å². The van der Waals surface area contributed by atoms with Gasteiger partial charge in [-0.05, 0) is 53.1 Å². The number of nitrogens with one attached hydrogen (secondary N) is 3. The monoisotopic (exact) mass is 363 g/mol. The summed E-state index contributed by atoms with van der Waals surface area (Å²) in [4.78, 5) is 12.3. The SMILES string of the molecule is O=C(NNC(=S)NC[C@@H]1CCCO1)c1ccc(Br)s1. The smallest absolute Gasteiger partial charge is 0.279 e. The van der Waals surface area contributed by atoms with E-state index >= 15 is 0 Å². The predicted molar refractivity (Wildman–Crippen MR) is 82.2 cm³/mol. The summed E-state index contributed by atoms with van der Waals surface area (Å²) >= 11 is 9.74. The molecule has 104 valence electrons. The van der Waals surface area contributed by atoms with Crippen molar-refractivity contribution < 1.29 is 9.53 Å². The molecule has 0 bridgehead atoms. The molecule has 1 amide bonds. The Bertz CT molecular complexity index is 461. The van der Waals surface area contributed by atoms with E-state index in [0.29, 0.717) is 16.5 Å². The average molecular weight is 364 g/mol. The summed E-state index contributed by atoms with van der Waals surface area (Å²) in [6, 6.07) is 3.57. The van der Waals surface area contributed by atoms with Crippen LogP contribution in [0.4, 0.5) is 0 Å². The Morgan fingerprint density at radius 1 is 1.53 bits per heavy atom.